The molecule has 3 heterocycles. The van der Waals surface area contributed by atoms with Crippen molar-refractivity contribution in [1.82, 2.24) is 9.91 Å². The van der Waals surface area contributed by atoms with Gasteiger partial charge < -0.3 is 4.90 Å². The zero-order chi connectivity index (χ0) is 18.3. The van der Waals surface area contributed by atoms with E-state index in [1.807, 2.05) is 19.1 Å². The smallest absolute Gasteiger partial charge is 0.258 e. The van der Waals surface area contributed by atoms with Crippen LogP contribution in [-0.4, -0.2) is 53.4 Å². The van der Waals surface area contributed by atoms with Crippen LogP contribution >= 0.6 is 11.8 Å². The van der Waals surface area contributed by atoms with Crippen LogP contribution in [0.25, 0.3) is 0 Å². The first-order chi connectivity index (χ1) is 12.6. The third-order valence-electron chi connectivity index (χ3n) is 4.92. The number of nitrogens with zero attached hydrogens (tertiary/aromatic N) is 5. The zero-order valence-electron chi connectivity index (χ0n) is 14.7. The Labute approximate surface area is 156 Å². The van der Waals surface area contributed by atoms with Crippen molar-refractivity contribution < 1.29 is 4.79 Å². The summed E-state index contributed by atoms with van der Waals surface area (Å²) in [7, 11) is 2.11. The number of aliphatic imine (C=N–C) groups is 1. The van der Waals surface area contributed by atoms with E-state index >= 15 is 0 Å². The van der Waals surface area contributed by atoms with Crippen molar-refractivity contribution in [3.63, 3.8) is 0 Å². The standard InChI is InChI=1S/C19H19N5OS/c1-12-22-18-17(15-7-8-23(2)11-16(15)26-18)19(25)24(12)21-10-14-5-3-13(9-20)4-6-14/h3-6,10,17-18H,7-8,11H2,1-2H3/b21-10+. The Morgan fingerprint density at radius 1 is 1.38 bits per heavy atom. The van der Waals surface area contributed by atoms with Gasteiger partial charge in [-0.05, 0) is 43.7 Å². The molecule has 1 aromatic carbocycles. The lowest BCUT2D eigenvalue weighted by Gasteiger charge is -2.30. The van der Waals surface area contributed by atoms with E-state index in [0.29, 0.717) is 11.4 Å². The Hall–Kier alpha value is -2.43. The summed E-state index contributed by atoms with van der Waals surface area (Å²) in [5.41, 5.74) is 2.69. The molecule has 26 heavy (non-hydrogen) atoms. The Balaban J connectivity index is 1.58. The summed E-state index contributed by atoms with van der Waals surface area (Å²) in [6, 6.07) is 9.19. The predicted molar refractivity (Wildman–Crippen MR) is 103 cm³/mol. The van der Waals surface area contributed by atoms with Gasteiger partial charge in [-0.3, -0.25) is 9.79 Å². The quantitative estimate of drug-likeness (QED) is 0.755. The number of fused-ring (bicyclic) bond motifs is 2. The van der Waals surface area contributed by atoms with Crippen LogP contribution in [0.2, 0.25) is 0 Å². The fourth-order valence-corrected chi connectivity index (χ4v) is 5.10. The number of nitriles is 1. The molecule has 0 N–H and O–H groups in total. The topological polar surface area (TPSA) is 72.1 Å². The molecule has 4 rings (SSSR count). The molecule has 0 radical (unpaired) electrons. The molecule has 0 bridgehead atoms. The molecule has 7 heteroatoms. The van der Waals surface area contributed by atoms with Gasteiger partial charge in [-0.1, -0.05) is 12.1 Å². The number of likely N-dealkylation sites (N-methyl/N-ethyl adjacent to an activating group) is 1. The number of carbonyl (C=O) groups excluding carboxylic acids is 1. The van der Waals surface area contributed by atoms with Crippen molar-refractivity contribution in [2.45, 2.75) is 18.7 Å². The number of rotatable bonds is 2. The monoisotopic (exact) mass is 365 g/mol. The Morgan fingerprint density at radius 3 is 2.88 bits per heavy atom. The van der Waals surface area contributed by atoms with Crippen LogP contribution in [0.4, 0.5) is 0 Å². The zero-order valence-corrected chi connectivity index (χ0v) is 15.5. The maximum Gasteiger partial charge on any atom is 0.258 e. The molecule has 132 valence electrons. The normalized spacial score (nSPS) is 26.0. The van der Waals surface area contributed by atoms with Gasteiger partial charge in [-0.25, -0.2) is 0 Å². The minimum atomic E-state index is -0.189. The van der Waals surface area contributed by atoms with Gasteiger partial charge in [0.05, 0.1) is 23.8 Å². The summed E-state index contributed by atoms with van der Waals surface area (Å²) in [6.45, 7) is 3.71. The van der Waals surface area contributed by atoms with Gasteiger partial charge in [0, 0.05) is 18.0 Å². The Kier molecular flexibility index (Phi) is 4.39. The van der Waals surface area contributed by atoms with Crippen molar-refractivity contribution in [3.05, 3.63) is 45.9 Å². The first-order valence-corrected chi connectivity index (χ1v) is 9.44. The number of hydrogen-bond acceptors (Lipinski definition) is 6. The molecule has 3 aliphatic heterocycles. The minimum absolute atomic E-state index is 0.00875. The molecular formula is C19H19N5OS. The van der Waals surface area contributed by atoms with Crippen molar-refractivity contribution in [2.75, 3.05) is 20.1 Å². The van der Waals surface area contributed by atoms with E-state index in [1.165, 1.54) is 15.5 Å². The number of amidine groups is 1. The third-order valence-corrected chi connectivity index (χ3v) is 6.21. The second-order valence-corrected chi connectivity index (χ2v) is 7.94. The lowest BCUT2D eigenvalue weighted by molar-refractivity contribution is -0.131. The number of benzene rings is 1. The summed E-state index contributed by atoms with van der Waals surface area (Å²) in [5.74, 6) is 0.446. The van der Waals surface area contributed by atoms with Crippen LogP contribution in [0.15, 0.2) is 44.8 Å². The molecule has 0 aliphatic carbocycles. The van der Waals surface area contributed by atoms with Crippen LogP contribution < -0.4 is 0 Å². The van der Waals surface area contributed by atoms with Gasteiger partial charge in [0.1, 0.15) is 11.2 Å². The van der Waals surface area contributed by atoms with E-state index in [-0.39, 0.29) is 17.2 Å². The molecule has 6 nitrogen and oxygen atoms in total. The molecule has 2 unspecified atom stereocenters. The Morgan fingerprint density at radius 2 is 2.15 bits per heavy atom. The summed E-state index contributed by atoms with van der Waals surface area (Å²) in [5, 5.41) is 14.6. The predicted octanol–water partition coefficient (Wildman–Crippen LogP) is 2.43. The van der Waals surface area contributed by atoms with Gasteiger partial charge >= 0.3 is 0 Å². The molecule has 0 aromatic heterocycles. The number of hydrazone groups is 1. The van der Waals surface area contributed by atoms with E-state index in [0.717, 1.165) is 25.1 Å². The highest BCUT2D eigenvalue weighted by atomic mass is 32.2. The molecule has 0 fully saturated rings. The van der Waals surface area contributed by atoms with E-state index in [4.69, 9.17) is 10.3 Å². The van der Waals surface area contributed by atoms with E-state index in [9.17, 15) is 4.79 Å². The molecule has 1 amide bonds. The largest absolute Gasteiger partial charge is 0.301 e. The molecule has 0 spiro atoms. The van der Waals surface area contributed by atoms with Gasteiger partial charge in [0.15, 0.2) is 0 Å². The SMILES string of the molecule is CC1=NC2SC3=C(CCN(C)C3)C2C(=O)N1/N=C/c1ccc(C#N)cc1. The highest BCUT2D eigenvalue weighted by Gasteiger charge is 2.46. The number of carbonyl (C=O) groups is 1. The highest BCUT2D eigenvalue weighted by Crippen LogP contribution is 2.48. The van der Waals surface area contributed by atoms with Crippen LogP contribution in [0.5, 0.6) is 0 Å². The van der Waals surface area contributed by atoms with E-state index in [2.05, 4.69) is 23.1 Å². The molecular weight excluding hydrogens is 346 g/mol. The summed E-state index contributed by atoms with van der Waals surface area (Å²) in [4.78, 5) is 21.4. The molecule has 0 saturated carbocycles. The van der Waals surface area contributed by atoms with Crippen LogP contribution in [0, 0.1) is 17.2 Å². The van der Waals surface area contributed by atoms with Gasteiger partial charge in [-0.2, -0.15) is 15.4 Å². The van der Waals surface area contributed by atoms with Crippen molar-refractivity contribution >= 4 is 29.7 Å². The summed E-state index contributed by atoms with van der Waals surface area (Å²) < 4.78 is 0. The van der Waals surface area contributed by atoms with Gasteiger partial charge in [0.2, 0.25) is 0 Å². The second kappa shape index (κ2) is 6.71. The molecule has 3 aliphatic rings. The van der Waals surface area contributed by atoms with Crippen LogP contribution in [0.3, 0.4) is 0 Å². The highest BCUT2D eigenvalue weighted by molar-refractivity contribution is 8.04. The lowest BCUT2D eigenvalue weighted by Crippen LogP contribution is -2.44. The van der Waals surface area contributed by atoms with Crippen molar-refractivity contribution in [1.29, 1.82) is 5.26 Å². The van der Waals surface area contributed by atoms with Crippen molar-refractivity contribution in [3.8, 4) is 6.07 Å². The van der Waals surface area contributed by atoms with Gasteiger partial charge in [0.25, 0.3) is 5.91 Å². The number of amides is 1. The summed E-state index contributed by atoms with van der Waals surface area (Å²) >= 11 is 1.73. The average Bonchev–Trinajstić information content (AvgIpc) is 2.99. The van der Waals surface area contributed by atoms with Crippen molar-refractivity contribution in [2.24, 2.45) is 16.0 Å². The first-order valence-electron chi connectivity index (χ1n) is 8.56. The molecule has 0 saturated heterocycles. The number of thioether (sulfide) groups is 1. The maximum absolute atomic E-state index is 13.1. The molecule has 2 atom stereocenters. The number of hydrogen-bond donors (Lipinski definition) is 0. The molecule has 1 aromatic rings. The van der Waals surface area contributed by atoms with Crippen LogP contribution in [-0.2, 0) is 4.79 Å². The summed E-state index contributed by atoms with van der Waals surface area (Å²) in [6.07, 6.45) is 2.57. The average molecular weight is 365 g/mol. The second-order valence-electron chi connectivity index (χ2n) is 6.73. The van der Waals surface area contributed by atoms with Crippen LogP contribution in [0.1, 0.15) is 24.5 Å². The Bertz CT molecular complexity index is 880. The minimum Gasteiger partial charge on any atom is -0.301 e. The van der Waals surface area contributed by atoms with E-state index < -0.39 is 0 Å². The fraction of sp³-hybridized carbons (Fsp3) is 0.368. The fourth-order valence-electron chi connectivity index (χ4n) is 3.51. The van der Waals surface area contributed by atoms with Gasteiger partial charge in [-0.15, -0.1) is 11.8 Å². The first kappa shape index (κ1) is 17.0. The lowest BCUT2D eigenvalue weighted by atomic mass is 9.91. The van der Waals surface area contributed by atoms with E-state index in [1.54, 1.807) is 30.1 Å². The maximum atomic E-state index is 13.1. The third kappa shape index (κ3) is 2.96.